The van der Waals surface area contributed by atoms with Crippen LogP contribution in [-0.2, 0) is 13.2 Å². The molecule has 1 atom stereocenters. The summed E-state index contributed by atoms with van der Waals surface area (Å²) in [4.78, 5) is 0. The van der Waals surface area contributed by atoms with Crippen molar-refractivity contribution in [2.75, 3.05) is 0 Å². The molecule has 0 amide bonds. The normalized spacial score (nSPS) is 12.2. The summed E-state index contributed by atoms with van der Waals surface area (Å²) in [6, 6.07) is 11.6. The Kier molecular flexibility index (Phi) is 5.01. The fourth-order valence-corrected chi connectivity index (χ4v) is 2.53. The number of ether oxygens (including phenoxy) is 1. The number of tetrazole rings is 1. The third-order valence-corrected chi connectivity index (χ3v) is 3.70. The Bertz CT molecular complexity index is 829. The smallest absolute Gasteiger partial charge is 0.196 e. The van der Waals surface area contributed by atoms with Crippen molar-refractivity contribution in [3.05, 3.63) is 65.2 Å². The Morgan fingerprint density at radius 1 is 1.12 bits per heavy atom. The maximum absolute atomic E-state index is 13.6. The summed E-state index contributed by atoms with van der Waals surface area (Å²) in [5.74, 6) is 0.104. The van der Waals surface area contributed by atoms with E-state index in [0.717, 1.165) is 5.69 Å². The van der Waals surface area contributed by atoms with Gasteiger partial charge in [-0.1, -0.05) is 18.2 Å². The van der Waals surface area contributed by atoms with Crippen LogP contribution in [0.2, 0.25) is 0 Å². The number of para-hydroxylation sites is 1. The molecule has 0 aliphatic carbocycles. The number of hydrogen-bond donors (Lipinski definition) is 2. The highest BCUT2D eigenvalue weighted by atomic mass is 19.1. The van der Waals surface area contributed by atoms with E-state index in [1.165, 1.54) is 16.8 Å². The van der Waals surface area contributed by atoms with Gasteiger partial charge in [0.25, 0.3) is 0 Å². The molecule has 0 unspecified atom stereocenters. The summed E-state index contributed by atoms with van der Waals surface area (Å²) in [7, 11) is 0. The Morgan fingerprint density at radius 2 is 1.76 bits per heavy atom. The van der Waals surface area contributed by atoms with Crippen LogP contribution in [0.5, 0.6) is 5.75 Å². The first kappa shape index (κ1) is 17.0. The van der Waals surface area contributed by atoms with E-state index in [0.29, 0.717) is 5.82 Å². The van der Waals surface area contributed by atoms with E-state index in [2.05, 4.69) is 15.5 Å². The molecule has 7 nitrogen and oxygen atoms in total. The summed E-state index contributed by atoms with van der Waals surface area (Å²) < 4.78 is 21.0. The van der Waals surface area contributed by atoms with Gasteiger partial charge in [0.15, 0.2) is 11.9 Å². The van der Waals surface area contributed by atoms with Gasteiger partial charge in [-0.15, -0.1) is 5.10 Å². The summed E-state index contributed by atoms with van der Waals surface area (Å²) in [6.45, 7) is 0.893. The third-order valence-electron chi connectivity index (χ3n) is 3.70. The molecule has 2 aromatic carbocycles. The summed E-state index contributed by atoms with van der Waals surface area (Å²) >= 11 is 0. The van der Waals surface area contributed by atoms with Crippen molar-refractivity contribution in [1.29, 1.82) is 0 Å². The van der Waals surface area contributed by atoms with Gasteiger partial charge in [-0.3, -0.25) is 0 Å². The monoisotopic (exact) mass is 344 g/mol. The molecule has 1 aromatic heterocycles. The standard InChI is InChI=1S/C17H17FN4O3/c1-11(17-19-20-21-22(17)15-5-3-2-4-6-15)25-16-12(9-23)7-14(18)8-13(16)10-24/h2-8,11,23-24H,9-10H2,1H3/t11-/m1/s1. The SMILES string of the molecule is C[C@@H](Oc1c(CO)cc(F)cc1CO)c1nnnn1-c1ccccc1. The van der Waals surface area contributed by atoms with Crippen LogP contribution >= 0.6 is 0 Å². The molecule has 25 heavy (non-hydrogen) atoms. The molecule has 8 heteroatoms. The highest BCUT2D eigenvalue weighted by molar-refractivity contribution is 5.42. The first-order valence-electron chi connectivity index (χ1n) is 7.67. The molecule has 3 aromatic rings. The van der Waals surface area contributed by atoms with Crippen LogP contribution in [-0.4, -0.2) is 30.4 Å². The van der Waals surface area contributed by atoms with Crippen molar-refractivity contribution in [3.63, 3.8) is 0 Å². The van der Waals surface area contributed by atoms with Gasteiger partial charge in [0, 0.05) is 11.1 Å². The fraction of sp³-hybridized carbons (Fsp3) is 0.235. The number of aliphatic hydroxyl groups is 2. The van der Waals surface area contributed by atoms with Crippen molar-refractivity contribution in [2.24, 2.45) is 0 Å². The minimum Gasteiger partial charge on any atom is -0.482 e. The van der Waals surface area contributed by atoms with Gasteiger partial charge in [-0.2, -0.15) is 4.68 Å². The van der Waals surface area contributed by atoms with Crippen molar-refractivity contribution in [3.8, 4) is 11.4 Å². The lowest BCUT2D eigenvalue weighted by molar-refractivity contribution is 0.191. The van der Waals surface area contributed by atoms with Crippen LogP contribution < -0.4 is 4.74 Å². The lowest BCUT2D eigenvalue weighted by atomic mass is 10.1. The number of hydrogen-bond acceptors (Lipinski definition) is 6. The second-order valence-electron chi connectivity index (χ2n) is 5.41. The molecule has 0 fully saturated rings. The van der Waals surface area contributed by atoms with E-state index >= 15 is 0 Å². The van der Waals surface area contributed by atoms with Gasteiger partial charge in [0.1, 0.15) is 11.6 Å². The second-order valence-corrected chi connectivity index (χ2v) is 5.41. The fourth-order valence-electron chi connectivity index (χ4n) is 2.53. The van der Waals surface area contributed by atoms with Gasteiger partial charge in [0.2, 0.25) is 0 Å². The summed E-state index contributed by atoms with van der Waals surface area (Å²) in [5.41, 5.74) is 1.26. The van der Waals surface area contributed by atoms with Crippen LogP contribution in [0.4, 0.5) is 4.39 Å². The Balaban J connectivity index is 1.95. The zero-order chi connectivity index (χ0) is 17.8. The molecule has 0 saturated carbocycles. The molecular weight excluding hydrogens is 327 g/mol. The maximum Gasteiger partial charge on any atom is 0.196 e. The van der Waals surface area contributed by atoms with E-state index in [1.807, 2.05) is 30.3 Å². The highest BCUT2D eigenvalue weighted by Gasteiger charge is 2.21. The second kappa shape index (κ2) is 7.37. The van der Waals surface area contributed by atoms with Gasteiger partial charge < -0.3 is 14.9 Å². The quantitative estimate of drug-likeness (QED) is 0.710. The summed E-state index contributed by atoms with van der Waals surface area (Å²) in [6.07, 6.45) is -0.601. The number of rotatable bonds is 6. The van der Waals surface area contributed by atoms with Gasteiger partial charge in [-0.05, 0) is 41.6 Å². The van der Waals surface area contributed by atoms with E-state index in [-0.39, 0.29) is 16.9 Å². The zero-order valence-electron chi connectivity index (χ0n) is 13.5. The Labute approximate surface area is 143 Å². The topological polar surface area (TPSA) is 93.3 Å². The van der Waals surface area contributed by atoms with E-state index < -0.39 is 25.1 Å². The minimum absolute atomic E-state index is 0.224. The molecule has 0 bridgehead atoms. The minimum atomic E-state index is -0.601. The Hall–Kier alpha value is -2.84. The average Bonchev–Trinajstić information content (AvgIpc) is 3.13. The largest absolute Gasteiger partial charge is 0.482 e. The Morgan fingerprint density at radius 3 is 2.36 bits per heavy atom. The van der Waals surface area contributed by atoms with Crippen molar-refractivity contribution in [1.82, 2.24) is 20.2 Å². The molecule has 0 aliphatic rings. The molecule has 0 aliphatic heterocycles. The molecule has 0 radical (unpaired) electrons. The van der Waals surface area contributed by atoms with Gasteiger partial charge in [-0.25, -0.2) is 4.39 Å². The molecule has 1 heterocycles. The van der Waals surface area contributed by atoms with Gasteiger partial charge in [0.05, 0.1) is 18.9 Å². The average molecular weight is 344 g/mol. The van der Waals surface area contributed by atoms with Crippen molar-refractivity contribution in [2.45, 2.75) is 26.2 Å². The van der Waals surface area contributed by atoms with E-state index in [9.17, 15) is 14.6 Å². The molecule has 130 valence electrons. The molecule has 0 spiro atoms. The van der Waals surface area contributed by atoms with E-state index in [1.54, 1.807) is 6.92 Å². The van der Waals surface area contributed by atoms with Crippen LogP contribution in [0.1, 0.15) is 30.0 Å². The maximum atomic E-state index is 13.6. The number of halogens is 1. The first-order valence-corrected chi connectivity index (χ1v) is 7.67. The number of aliphatic hydroxyl groups excluding tert-OH is 2. The molecule has 3 rings (SSSR count). The van der Waals surface area contributed by atoms with Crippen LogP contribution in [0, 0.1) is 5.82 Å². The number of benzene rings is 2. The van der Waals surface area contributed by atoms with Crippen molar-refractivity contribution >= 4 is 0 Å². The van der Waals surface area contributed by atoms with Crippen molar-refractivity contribution < 1.29 is 19.3 Å². The van der Waals surface area contributed by atoms with Gasteiger partial charge >= 0.3 is 0 Å². The molecule has 2 N–H and O–H groups in total. The zero-order valence-corrected chi connectivity index (χ0v) is 13.5. The van der Waals surface area contributed by atoms with Crippen LogP contribution in [0.3, 0.4) is 0 Å². The molecular formula is C17H17FN4O3. The summed E-state index contributed by atoms with van der Waals surface area (Å²) in [5, 5.41) is 30.6. The van der Waals surface area contributed by atoms with Crippen LogP contribution in [0.25, 0.3) is 5.69 Å². The number of nitrogens with zero attached hydrogens (tertiary/aromatic N) is 4. The lowest BCUT2D eigenvalue weighted by Gasteiger charge is -2.19. The van der Waals surface area contributed by atoms with E-state index in [4.69, 9.17) is 4.74 Å². The number of aromatic nitrogens is 4. The highest BCUT2D eigenvalue weighted by Crippen LogP contribution is 2.30. The lowest BCUT2D eigenvalue weighted by Crippen LogP contribution is -2.13. The third kappa shape index (κ3) is 3.49. The van der Waals surface area contributed by atoms with Crippen LogP contribution in [0.15, 0.2) is 42.5 Å². The predicted octanol–water partition coefficient (Wildman–Crippen LogP) is 1.93. The molecule has 0 saturated heterocycles. The first-order chi connectivity index (χ1) is 12.1. The predicted molar refractivity (Wildman–Crippen MR) is 86.4 cm³/mol.